The van der Waals surface area contributed by atoms with E-state index in [0.717, 1.165) is 4.90 Å². The molecule has 0 bridgehead atoms. The second kappa shape index (κ2) is 5.52. The quantitative estimate of drug-likeness (QED) is 0.471. The van der Waals surface area contributed by atoms with Gasteiger partial charge in [-0.15, -0.1) is 0 Å². The number of allylic oxidation sites excluding steroid dienone is 1. The first-order valence-corrected chi connectivity index (χ1v) is 6.04. The highest BCUT2D eigenvalue weighted by Gasteiger charge is 2.24. The maximum atomic E-state index is 11.8. The molecule has 0 spiro atoms. The van der Waals surface area contributed by atoms with Crippen molar-refractivity contribution in [2.45, 2.75) is 0 Å². The number of carbonyl (C=O) groups excluding carboxylic acids is 3. The Hall–Kier alpha value is -2.69. The van der Waals surface area contributed by atoms with Crippen LogP contribution in [0.1, 0.15) is 10.4 Å². The lowest BCUT2D eigenvalue weighted by molar-refractivity contribution is -0.119. The van der Waals surface area contributed by atoms with E-state index in [1.165, 1.54) is 18.2 Å². The molecule has 0 aromatic heterocycles. The predicted molar refractivity (Wildman–Crippen MR) is 75.2 cm³/mol. The Morgan fingerprint density at radius 1 is 1.05 bits per heavy atom. The van der Waals surface area contributed by atoms with Crippen LogP contribution in [0.4, 0.5) is 5.69 Å². The Morgan fingerprint density at radius 3 is 2.10 bits per heavy atom. The fraction of sp³-hybridized carbons (Fsp3) is 0.133. The minimum Gasteiger partial charge on any atom is -0.383 e. The van der Waals surface area contributed by atoms with Crippen molar-refractivity contribution < 1.29 is 14.4 Å². The highest BCUT2D eigenvalue weighted by atomic mass is 16.2. The third-order valence-corrected chi connectivity index (χ3v) is 2.74. The van der Waals surface area contributed by atoms with Gasteiger partial charge in [-0.2, -0.15) is 0 Å². The normalized spacial score (nSPS) is 14.4. The third kappa shape index (κ3) is 2.83. The summed E-state index contributed by atoms with van der Waals surface area (Å²) in [6.45, 7) is 0. The maximum absolute atomic E-state index is 11.8. The lowest BCUT2D eigenvalue weighted by atomic mass is 10.1. The fourth-order valence-electron chi connectivity index (χ4n) is 1.74. The van der Waals surface area contributed by atoms with Gasteiger partial charge in [0, 0.05) is 44.1 Å². The van der Waals surface area contributed by atoms with Crippen LogP contribution in [0.25, 0.3) is 0 Å². The summed E-state index contributed by atoms with van der Waals surface area (Å²) >= 11 is 0. The fourth-order valence-corrected chi connectivity index (χ4v) is 1.74. The molecule has 0 unspecified atom stereocenters. The van der Waals surface area contributed by atoms with E-state index in [1.807, 2.05) is 14.1 Å². The zero-order valence-electron chi connectivity index (χ0n) is 11.2. The van der Waals surface area contributed by atoms with Gasteiger partial charge in [0.2, 0.25) is 0 Å². The zero-order chi connectivity index (χ0) is 14.7. The Bertz CT molecular complexity index is 595. The van der Waals surface area contributed by atoms with Gasteiger partial charge in [-0.3, -0.25) is 14.4 Å². The molecule has 0 N–H and O–H groups in total. The van der Waals surface area contributed by atoms with Crippen LogP contribution < -0.4 is 4.90 Å². The lowest BCUT2D eigenvalue weighted by Crippen LogP contribution is -2.29. The summed E-state index contributed by atoms with van der Waals surface area (Å²) in [6.07, 6.45) is 5.57. The van der Waals surface area contributed by atoms with E-state index in [4.69, 9.17) is 0 Å². The van der Waals surface area contributed by atoms with Gasteiger partial charge in [-0.05, 0) is 24.3 Å². The number of carbonyl (C=O) groups is 3. The van der Waals surface area contributed by atoms with E-state index in [9.17, 15) is 14.4 Å². The number of anilines is 1. The van der Waals surface area contributed by atoms with Gasteiger partial charge in [0.15, 0.2) is 5.78 Å². The summed E-state index contributed by atoms with van der Waals surface area (Å²) < 4.78 is 0. The summed E-state index contributed by atoms with van der Waals surface area (Å²) in [7, 11) is 3.65. The molecular weight excluding hydrogens is 256 g/mol. The van der Waals surface area contributed by atoms with Crippen LogP contribution in [0, 0.1) is 0 Å². The topological polar surface area (TPSA) is 57.7 Å². The molecule has 1 aliphatic heterocycles. The van der Waals surface area contributed by atoms with Crippen molar-refractivity contribution in [1.82, 2.24) is 4.90 Å². The molecule has 102 valence electrons. The van der Waals surface area contributed by atoms with Crippen LogP contribution in [0.15, 0.2) is 48.7 Å². The molecule has 2 rings (SSSR count). The van der Waals surface area contributed by atoms with Gasteiger partial charge in [0.05, 0.1) is 5.69 Å². The monoisotopic (exact) mass is 270 g/mol. The molecule has 1 heterocycles. The van der Waals surface area contributed by atoms with E-state index >= 15 is 0 Å². The second-order valence-corrected chi connectivity index (χ2v) is 4.54. The summed E-state index contributed by atoms with van der Waals surface area (Å²) in [5, 5.41) is 0. The van der Waals surface area contributed by atoms with Crippen molar-refractivity contribution in [2.75, 3.05) is 19.0 Å². The summed E-state index contributed by atoms with van der Waals surface area (Å²) in [4.78, 5) is 37.7. The molecule has 0 saturated heterocycles. The Kier molecular flexibility index (Phi) is 3.79. The van der Waals surface area contributed by atoms with Crippen LogP contribution in [-0.4, -0.2) is 36.6 Å². The Balaban J connectivity index is 2.17. The van der Waals surface area contributed by atoms with Crippen LogP contribution in [0.3, 0.4) is 0 Å². The Labute approximate surface area is 116 Å². The number of amides is 2. The first-order valence-electron chi connectivity index (χ1n) is 6.04. The van der Waals surface area contributed by atoms with Crippen molar-refractivity contribution in [2.24, 2.45) is 0 Å². The van der Waals surface area contributed by atoms with Gasteiger partial charge in [-0.25, -0.2) is 4.90 Å². The van der Waals surface area contributed by atoms with Gasteiger partial charge in [0.25, 0.3) is 11.8 Å². The summed E-state index contributed by atoms with van der Waals surface area (Å²) in [5.74, 6) is -0.884. The second-order valence-electron chi connectivity index (χ2n) is 4.54. The molecular formula is C15H14N2O3. The van der Waals surface area contributed by atoms with Crippen LogP contribution in [-0.2, 0) is 9.59 Å². The van der Waals surface area contributed by atoms with Crippen molar-refractivity contribution >= 4 is 23.3 Å². The molecule has 0 radical (unpaired) electrons. The number of nitrogens with zero attached hydrogens (tertiary/aromatic N) is 2. The van der Waals surface area contributed by atoms with Gasteiger partial charge in [-0.1, -0.05) is 0 Å². The predicted octanol–water partition coefficient (Wildman–Crippen LogP) is 1.37. The molecule has 0 saturated carbocycles. The number of ketones is 1. The van der Waals surface area contributed by atoms with Crippen molar-refractivity contribution in [3.8, 4) is 0 Å². The molecule has 0 fully saturated rings. The van der Waals surface area contributed by atoms with Crippen LogP contribution in [0.2, 0.25) is 0 Å². The molecule has 5 nitrogen and oxygen atoms in total. The lowest BCUT2D eigenvalue weighted by Gasteiger charge is -2.13. The first kappa shape index (κ1) is 13.7. The maximum Gasteiger partial charge on any atom is 0.258 e. The molecule has 1 aromatic carbocycles. The van der Waals surface area contributed by atoms with E-state index in [-0.39, 0.29) is 17.6 Å². The van der Waals surface area contributed by atoms with E-state index in [1.54, 1.807) is 35.4 Å². The highest BCUT2D eigenvalue weighted by Crippen LogP contribution is 2.19. The standard InChI is InChI=1S/C15H14N2O3/c1-16(2)10-9-13(18)11-3-5-12(6-4-11)17-14(19)7-8-15(17)20/h3-10H,1-2H3. The van der Waals surface area contributed by atoms with Crippen LogP contribution in [0.5, 0.6) is 0 Å². The molecule has 20 heavy (non-hydrogen) atoms. The molecule has 2 amide bonds. The molecule has 1 aliphatic rings. The van der Waals surface area contributed by atoms with Crippen molar-refractivity contribution in [3.63, 3.8) is 0 Å². The number of imide groups is 1. The van der Waals surface area contributed by atoms with E-state index in [2.05, 4.69) is 0 Å². The van der Waals surface area contributed by atoms with Gasteiger partial charge in [0.1, 0.15) is 0 Å². The minimum atomic E-state index is -0.374. The van der Waals surface area contributed by atoms with E-state index < -0.39 is 0 Å². The first-order chi connectivity index (χ1) is 9.49. The molecule has 0 atom stereocenters. The third-order valence-electron chi connectivity index (χ3n) is 2.74. The number of rotatable bonds is 4. The van der Waals surface area contributed by atoms with Gasteiger partial charge >= 0.3 is 0 Å². The number of hydrogen-bond donors (Lipinski definition) is 0. The SMILES string of the molecule is CN(C)C=CC(=O)c1ccc(N2C(=O)C=CC2=O)cc1. The number of hydrogen-bond acceptors (Lipinski definition) is 4. The summed E-state index contributed by atoms with van der Waals surface area (Å²) in [6, 6.07) is 6.35. The minimum absolute atomic E-state index is 0.137. The summed E-state index contributed by atoms with van der Waals surface area (Å²) in [5.41, 5.74) is 0.956. The van der Waals surface area contributed by atoms with Gasteiger partial charge < -0.3 is 4.90 Å². The molecule has 1 aromatic rings. The highest BCUT2D eigenvalue weighted by molar-refractivity contribution is 6.28. The van der Waals surface area contributed by atoms with E-state index in [0.29, 0.717) is 11.3 Å². The Morgan fingerprint density at radius 2 is 1.60 bits per heavy atom. The zero-order valence-corrected chi connectivity index (χ0v) is 11.2. The van der Waals surface area contributed by atoms with Crippen molar-refractivity contribution in [1.29, 1.82) is 0 Å². The average Bonchev–Trinajstić information content (AvgIpc) is 2.76. The largest absolute Gasteiger partial charge is 0.383 e. The number of benzene rings is 1. The molecule has 0 aliphatic carbocycles. The van der Waals surface area contributed by atoms with Crippen LogP contribution >= 0.6 is 0 Å². The average molecular weight is 270 g/mol. The van der Waals surface area contributed by atoms with Crippen molar-refractivity contribution in [3.05, 3.63) is 54.3 Å². The molecule has 5 heteroatoms. The smallest absolute Gasteiger partial charge is 0.258 e.